The Morgan fingerprint density at radius 2 is 2.00 bits per heavy atom. The van der Waals surface area contributed by atoms with Crippen LogP contribution in [0.1, 0.15) is 56.0 Å². The lowest BCUT2D eigenvalue weighted by Crippen LogP contribution is -2.41. The molecule has 3 aromatic rings. The topological polar surface area (TPSA) is 92.7 Å². The minimum atomic E-state index is -0.229. The first-order valence-corrected chi connectivity index (χ1v) is 11.8. The van der Waals surface area contributed by atoms with Crippen molar-refractivity contribution in [3.8, 4) is 0 Å². The molecule has 3 aromatic heterocycles. The molecular formula is C25H33N5O3. The number of hydrogen-bond donors (Lipinski definition) is 1. The summed E-state index contributed by atoms with van der Waals surface area (Å²) in [6, 6.07) is 5.29. The minimum Gasteiger partial charge on any atom is -0.379 e. The number of carbonyl (C=O) groups is 1. The van der Waals surface area contributed by atoms with E-state index in [-0.39, 0.29) is 28.6 Å². The van der Waals surface area contributed by atoms with Crippen molar-refractivity contribution in [3.63, 3.8) is 0 Å². The predicted octanol–water partition coefficient (Wildman–Crippen LogP) is 3.12. The quantitative estimate of drug-likeness (QED) is 0.460. The van der Waals surface area contributed by atoms with Crippen LogP contribution in [0.3, 0.4) is 0 Å². The fraction of sp³-hybridized carbons (Fsp3) is 0.520. The first kappa shape index (κ1) is 23.2. The van der Waals surface area contributed by atoms with E-state index in [0.717, 1.165) is 18.4 Å². The van der Waals surface area contributed by atoms with Crippen LogP contribution in [0.25, 0.3) is 16.7 Å². The standard InChI is InChI=1S/C25H33N5O3/c1-16(2)33-14-6-11-29-21(26)19(24(31)28-12-8-17(3)9-13-28)15-20-23(29)27-22-18(4)7-5-10-30(22)25(20)32/h5,7,10,15-17,26H,6,8-9,11-14H2,1-4H3. The van der Waals surface area contributed by atoms with Gasteiger partial charge in [-0.05, 0) is 63.6 Å². The van der Waals surface area contributed by atoms with Gasteiger partial charge in [-0.25, -0.2) is 4.98 Å². The summed E-state index contributed by atoms with van der Waals surface area (Å²) in [5.41, 5.74) is 2.00. The summed E-state index contributed by atoms with van der Waals surface area (Å²) in [5, 5.41) is 9.25. The van der Waals surface area contributed by atoms with E-state index in [1.807, 2.05) is 37.8 Å². The molecule has 1 saturated heterocycles. The van der Waals surface area contributed by atoms with Gasteiger partial charge in [0.2, 0.25) is 0 Å². The first-order chi connectivity index (χ1) is 15.8. The normalized spacial score (nSPS) is 15.1. The maximum atomic E-state index is 13.4. The molecule has 1 aliphatic rings. The summed E-state index contributed by atoms with van der Waals surface area (Å²) in [4.78, 5) is 33.4. The van der Waals surface area contributed by atoms with Crippen LogP contribution in [0.5, 0.6) is 0 Å². The first-order valence-electron chi connectivity index (χ1n) is 11.8. The number of amides is 1. The summed E-state index contributed by atoms with van der Waals surface area (Å²) in [6.45, 7) is 10.4. The summed E-state index contributed by atoms with van der Waals surface area (Å²) < 4.78 is 8.89. The van der Waals surface area contributed by atoms with E-state index in [1.54, 1.807) is 16.8 Å². The molecule has 0 saturated carbocycles. The molecular weight excluding hydrogens is 418 g/mol. The number of nitrogens with zero attached hydrogens (tertiary/aromatic N) is 4. The van der Waals surface area contributed by atoms with Gasteiger partial charge in [0.15, 0.2) is 0 Å². The molecule has 1 aliphatic heterocycles. The van der Waals surface area contributed by atoms with Gasteiger partial charge in [-0.15, -0.1) is 0 Å². The molecule has 0 radical (unpaired) electrons. The van der Waals surface area contributed by atoms with Gasteiger partial charge in [-0.1, -0.05) is 13.0 Å². The van der Waals surface area contributed by atoms with E-state index in [9.17, 15) is 9.59 Å². The third-order valence-corrected chi connectivity index (χ3v) is 6.41. The largest absolute Gasteiger partial charge is 0.379 e. The van der Waals surface area contributed by atoms with E-state index < -0.39 is 0 Å². The molecule has 4 heterocycles. The Morgan fingerprint density at radius 1 is 1.27 bits per heavy atom. The Kier molecular flexibility index (Phi) is 6.65. The van der Waals surface area contributed by atoms with Crippen LogP contribution in [0.2, 0.25) is 0 Å². The predicted molar refractivity (Wildman–Crippen MR) is 128 cm³/mol. The highest BCUT2D eigenvalue weighted by Crippen LogP contribution is 2.19. The van der Waals surface area contributed by atoms with Crippen molar-refractivity contribution in [3.05, 3.63) is 51.4 Å². The maximum absolute atomic E-state index is 13.4. The summed E-state index contributed by atoms with van der Waals surface area (Å²) in [5.74, 6) is 0.408. The zero-order valence-corrected chi connectivity index (χ0v) is 19.9. The number of fused-ring (bicyclic) bond motifs is 2. The molecule has 8 heteroatoms. The second kappa shape index (κ2) is 9.47. The van der Waals surface area contributed by atoms with Gasteiger partial charge in [-0.3, -0.25) is 19.4 Å². The maximum Gasteiger partial charge on any atom is 0.267 e. The lowest BCUT2D eigenvalue weighted by molar-refractivity contribution is 0.0693. The highest BCUT2D eigenvalue weighted by molar-refractivity contribution is 5.97. The molecule has 33 heavy (non-hydrogen) atoms. The fourth-order valence-electron chi connectivity index (χ4n) is 4.40. The van der Waals surface area contributed by atoms with Crippen molar-refractivity contribution >= 4 is 22.6 Å². The van der Waals surface area contributed by atoms with E-state index in [4.69, 9.17) is 15.1 Å². The van der Waals surface area contributed by atoms with E-state index in [1.165, 1.54) is 4.40 Å². The lowest BCUT2D eigenvalue weighted by Gasteiger charge is -2.30. The zero-order valence-electron chi connectivity index (χ0n) is 19.9. The second-order valence-corrected chi connectivity index (χ2v) is 9.35. The van der Waals surface area contributed by atoms with Crippen LogP contribution in [-0.2, 0) is 11.3 Å². The third kappa shape index (κ3) is 4.57. The van der Waals surface area contributed by atoms with Crippen LogP contribution in [0.15, 0.2) is 29.2 Å². The average Bonchev–Trinajstić information content (AvgIpc) is 2.78. The highest BCUT2D eigenvalue weighted by atomic mass is 16.5. The van der Waals surface area contributed by atoms with Crippen molar-refractivity contribution in [1.82, 2.24) is 18.9 Å². The molecule has 1 fully saturated rings. The van der Waals surface area contributed by atoms with E-state index in [2.05, 4.69) is 6.92 Å². The summed E-state index contributed by atoms with van der Waals surface area (Å²) in [6.07, 6.45) is 4.36. The Bertz CT molecular complexity index is 1300. The van der Waals surface area contributed by atoms with Crippen molar-refractivity contribution in [2.45, 2.75) is 59.6 Å². The third-order valence-electron chi connectivity index (χ3n) is 6.41. The van der Waals surface area contributed by atoms with Crippen LogP contribution >= 0.6 is 0 Å². The molecule has 8 nitrogen and oxygen atoms in total. The Hall–Kier alpha value is -3.00. The average molecular weight is 452 g/mol. The highest BCUT2D eigenvalue weighted by Gasteiger charge is 2.25. The van der Waals surface area contributed by atoms with Gasteiger partial charge in [0.05, 0.1) is 17.1 Å². The monoisotopic (exact) mass is 451 g/mol. The van der Waals surface area contributed by atoms with Crippen LogP contribution < -0.4 is 11.0 Å². The van der Waals surface area contributed by atoms with E-state index >= 15 is 0 Å². The van der Waals surface area contributed by atoms with Gasteiger partial charge in [0.1, 0.15) is 16.8 Å². The number of likely N-dealkylation sites (tertiary alicyclic amines) is 1. The number of aryl methyl sites for hydroxylation is 2. The van der Waals surface area contributed by atoms with Crippen molar-refractivity contribution < 1.29 is 9.53 Å². The number of hydrogen-bond acceptors (Lipinski definition) is 5. The molecule has 1 N–H and O–H groups in total. The molecule has 0 spiro atoms. The van der Waals surface area contributed by atoms with Gasteiger partial charge < -0.3 is 14.2 Å². The number of piperidine rings is 1. The van der Waals surface area contributed by atoms with Crippen LogP contribution in [0.4, 0.5) is 0 Å². The van der Waals surface area contributed by atoms with E-state index in [0.29, 0.717) is 55.3 Å². The molecule has 4 rings (SSSR count). The number of rotatable bonds is 6. The summed E-state index contributed by atoms with van der Waals surface area (Å²) in [7, 11) is 0. The second-order valence-electron chi connectivity index (χ2n) is 9.35. The smallest absolute Gasteiger partial charge is 0.267 e. The minimum absolute atomic E-state index is 0.0977. The molecule has 0 unspecified atom stereocenters. The van der Waals surface area contributed by atoms with Crippen molar-refractivity contribution in [2.24, 2.45) is 5.92 Å². The van der Waals surface area contributed by atoms with Gasteiger partial charge in [0, 0.05) is 32.4 Å². The Morgan fingerprint density at radius 3 is 2.70 bits per heavy atom. The molecule has 0 atom stereocenters. The van der Waals surface area contributed by atoms with Gasteiger partial charge in [-0.2, -0.15) is 0 Å². The van der Waals surface area contributed by atoms with Crippen LogP contribution in [-0.4, -0.2) is 50.6 Å². The Balaban J connectivity index is 1.86. The van der Waals surface area contributed by atoms with Gasteiger partial charge in [0.25, 0.3) is 11.5 Å². The number of nitrogens with one attached hydrogen (secondary N) is 1. The molecule has 0 aromatic carbocycles. The zero-order chi connectivity index (χ0) is 23.7. The molecule has 176 valence electrons. The molecule has 0 bridgehead atoms. The lowest BCUT2D eigenvalue weighted by atomic mass is 9.98. The number of pyridine rings is 2. The van der Waals surface area contributed by atoms with Crippen molar-refractivity contribution in [2.75, 3.05) is 19.7 Å². The fourth-order valence-corrected chi connectivity index (χ4v) is 4.40. The molecule has 1 amide bonds. The van der Waals surface area contributed by atoms with Crippen LogP contribution in [0, 0.1) is 18.3 Å². The van der Waals surface area contributed by atoms with Crippen molar-refractivity contribution in [1.29, 1.82) is 5.41 Å². The Labute approximate surface area is 193 Å². The number of carbonyl (C=O) groups excluding carboxylic acids is 1. The van der Waals surface area contributed by atoms with Gasteiger partial charge >= 0.3 is 0 Å². The number of aromatic nitrogens is 3. The number of ether oxygens (including phenoxy) is 1. The molecule has 0 aliphatic carbocycles. The SMILES string of the molecule is Cc1cccn2c(=O)c3cc(C(=O)N4CCC(C)CC4)c(=N)n(CCCOC(C)C)c3nc12. The summed E-state index contributed by atoms with van der Waals surface area (Å²) >= 11 is 0.